The number of nitrogens with zero attached hydrogens (tertiary/aromatic N) is 1. The Morgan fingerprint density at radius 2 is 2.28 bits per heavy atom. The first kappa shape index (κ1) is 11.8. The van der Waals surface area contributed by atoms with E-state index in [1.807, 2.05) is 17.6 Å². The SMILES string of the molecule is Fc1cccc(C2CC(NCc3nccs3)C2)c1. The molecule has 1 aromatic carbocycles. The summed E-state index contributed by atoms with van der Waals surface area (Å²) < 4.78 is 13.1. The van der Waals surface area contributed by atoms with Crippen molar-refractivity contribution in [3.05, 3.63) is 52.2 Å². The first-order valence-corrected chi connectivity index (χ1v) is 7.06. The number of hydrogen-bond acceptors (Lipinski definition) is 3. The molecule has 0 unspecified atom stereocenters. The van der Waals surface area contributed by atoms with Crippen LogP contribution in [0.25, 0.3) is 0 Å². The highest BCUT2D eigenvalue weighted by Gasteiger charge is 2.29. The normalized spacial score (nSPS) is 22.7. The zero-order chi connectivity index (χ0) is 12.4. The van der Waals surface area contributed by atoms with Crippen molar-refractivity contribution < 1.29 is 4.39 Å². The second-order valence-corrected chi connectivity index (χ2v) is 5.71. The van der Waals surface area contributed by atoms with Crippen LogP contribution in [-0.2, 0) is 6.54 Å². The molecule has 4 heteroatoms. The summed E-state index contributed by atoms with van der Waals surface area (Å²) in [5, 5.41) is 6.61. The predicted molar refractivity (Wildman–Crippen MR) is 71.1 cm³/mol. The van der Waals surface area contributed by atoms with E-state index in [2.05, 4.69) is 10.3 Å². The molecule has 1 aliphatic rings. The van der Waals surface area contributed by atoms with Crippen LogP contribution >= 0.6 is 11.3 Å². The summed E-state index contributed by atoms with van der Waals surface area (Å²) >= 11 is 1.68. The molecule has 2 aromatic rings. The highest BCUT2D eigenvalue weighted by molar-refractivity contribution is 7.09. The van der Waals surface area contributed by atoms with E-state index in [9.17, 15) is 4.39 Å². The summed E-state index contributed by atoms with van der Waals surface area (Å²) in [6, 6.07) is 7.51. The number of thiazole rings is 1. The molecule has 0 bridgehead atoms. The fourth-order valence-corrected chi connectivity index (χ4v) is 2.96. The van der Waals surface area contributed by atoms with Crippen LogP contribution in [0.2, 0.25) is 0 Å². The molecule has 1 aliphatic carbocycles. The predicted octanol–water partition coefficient (Wildman–Crippen LogP) is 3.32. The highest BCUT2D eigenvalue weighted by Crippen LogP contribution is 2.37. The van der Waals surface area contributed by atoms with Gasteiger partial charge < -0.3 is 5.32 Å². The smallest absolute Gasteiger partial charge is 0.123 e. The summed E-state index contributed by atoms with van der Waals surface area (Å²) in [5.74, 6) is 0.376. The van der Waals surface area contributed by atoms with Gasteiger partial charge in [-0.3, -0.25) is 0 Å². The summed E-state index contributed by atoms with van der Waals surface area (Å²) in [4.78, 5) is 4.24. The van der Waals surface area contributed by atoms with E-state index in [1.165, 1.54) is 6.07 Å². The Kier molecular flexibility index (Phi) is 3.39. The lowest BCUT2D eigenvalue weighted by molar-refractivity contribution is 0.289. The third-order valence-corrected chi connectivity index (χ3v) is 4.26. The lowest BCUT2D eigenvalue weighted by Gasteiger charge is -2.36. The summed E-state index contributed by atoms with van der Waals surface area (Å²) in [6.07, 6.45) is 4.02. The van der Waals surface area contributed by atoms with Crippen molar-refractivity contribution in [2.45, 2.75) is 31.3 Å². The van der Waals surface area contributed by atoms with Gasteiger partial charge in [0.2, 0.25) is 0 Å². The van der Waals surface area contributed by atoms with Crippen LogP contribution < -0.4 is 5.32 Å². The summed E-state index contributed by atoms with van der Waals surface area (Å²) in [5.41, 5.74) is 1.13. The van der Waals surface area contributed by atoms with Crippen LogP contribution in [-0.4, -0.2) is 11.0 Å². The molecular formula is C14H15FN2S. The zero-order valence-electron chi connectivity index (χ0n) is 9.97. The quantitative estimate of drug-likeness (QED) is 0.914. The first-order valence-electron chi connectivity index (χ1n) is 6.18. The maximum absolute atomic E-state index is 13.1. The third kappa shape index (κ3) is 2.60. The zero-order valence-corrected chi connectivity index (χ0v) is 10.8. The van der Waals surface area contributed by atoms with Crippen molar-refractivity contribution in [2.24, 2.45) is 0 Å². The second kappa shape index (κ2) is 5.16. The van der Waals surface area contributed by atoms with Crippen LogP contribution in [0.3, 0.4) is 0 Å². The Balaban J connectivity index is 1.48. The number of hydrogen-bond donors (Lipinski definition) is 1. The number of halogens is 1. The van der Waals surface area contributed by atoms with Gasteiger partial charge >= 0.3 is 0 Å². The summed E-state index contributed by atoms with van der Waals surface area (Å²) in [6.45, 7) is 0.845. The van der Waals surface area contributed by atoms with Gasteiger partial charge in [-0.1, -0.05) is 12.1 Å². The molecule has 1 heterocycles. The topological polar surface area (TPSA) is 24.9 Å². The number of nitrogens with one attached hydrogen (secondary N) is 1. The molecule has 0 aliphatic heterocycles. The van der Waals surface area contributed by atoms with E-state index in [1.54, 1.807) is 23.5 Å². The number of benzene rings is 1. The van der Waals surface area contributed by atoms with E-state index < -0.39 is 0 Å². The minimum Gasteiger partial charge on any atom is -0.308 e. The number of rotatable bonds is 4. The van der Waals surface area contributed by atoms with Crippen LogP contribution in [0.5, 0.6) is 0 Å². The lowest BCUT2D eigenvalue weighted by Crippen LogP contribution is -2.39. The van der Waals surface area contributed by atoms with Gasteiger partial charge in [-0.25, -0.2) is 9.37 Å². The fourth-order valence-electron chi connectivity index (χ4n) is 2.39. The van der Waals surface area contributed by atoms with E-state index >= 15 is 0 Å². The minimum absolute atomic E-state index is 0.133. The first-order chi connectivity index (χ1) is 8.81. The van der Waals surface area contributed by atoms with Gasteiger partial charge in [0.1, 0.15) is 10.8 Å². The van der Waals surface area contributed by atoms with Crippen molar-refractivity contribution in [3.63, 3.8) is 0 Å². The van der Waals surface area contributed by atoms with Crippen LogP contribution in [0.15, 0.2) is 35.8 Å². The maximum Gasteiger partial charge on any atom is 0.123 e. The molecule has 0 spiro atoms. The van der Waals surface area contributed by atoms with Crippen molar-refractivity contribution >= 4 is 11.3 Å². The van der Waals surface area contributed by atoms with Crippen LogP contribution in [0.1, 0.15) is 29.3 Å². The van der Waals surface area contributed by atoms with Gasteiger partial charge in [0, 0.05) is 24.2 Å². The largest absolute Gasteiger partial charge is 0.308 e. The van der Waals surface area contributed by atoms with Crippen LogP contribution in [0, 0.1) is 5.82 Å². The van der Waals surface area contributed by atoms with Crippen molar-refractivity contribution in [2.75, 3.05) is 0 Å². The molecule has 3 rings (SSSR count). The van der Waals surface area contributed by atoms with Gasteiger partial charge in [0.25, 0.3) is 0 Å². The molecule has 0 atom stereocenters. The van der Waals surface area contributed by atoms with Crippen molar-refractivity contribution in [3.8, 4) is 0 Å². The van der Waals surface area contributed by atoms with E-state index in [0.29, 0.717) is 12.0 Å². The molecule has 1 fully saturated rings. The molecule has 1 saturated carbocycles. The maximum atomic E-state index is 13.1. The van der Waals surface area contributed by atoms with Gasteiger partial charge in [0.05, 0.1) is 0 Å². The van der Waals surface area contributed by atoms with E-state index in [4.69, 9.17) is 0 Å². The lowest BCUT2D eigenvalue weighted by atomic mass is 9.76. The number of aromatic nitrogens is 1. The Bertz CT molecular complexity index is 506. The van der Waals surface area contributed by atoms with Crippen LogP contribution in [0.4, 0.5) is 4.39 Å². The van der Waals surface area contributed by atoms with Crippen molar-refractivity contribution in [1.82, 2.24) is 10.3 Å². The van der Waals surface area contributed by atoms with Crippen molar-refractivity contribution in [1.29, 1.82) is 0 Å². The average Bonchev–Trinajstić information content (AvgIpc) is 2.80. The molecule has 0 radical (unpaired) electrons. The van der Waals surface area contributed by atoms with Gasteiger partial charge in [-0.15, -0.1) is 11.3 Å². The molecule has 1 aromatic heterocycles. The van der Waals surface area contributed by atoms with Gasteiger partial charge in [-0.05, 0) is 36.5 Å². The summed E-state index contributed by atoms with van der Waals surface area (Å²) in [7, 11) is 0. The Morgan fingerprint density at radius 3 is 3.00 bits per heavy atom. The molecular weight excluding hydrogens is 247 g/mol. The Hall–Kier alpha value is -1.26. The molecule has 0 amide bonds. The average molecular weight is 262 g/mol. The molecule has 2 nitrogen and oxygen atoms in total. The Morgan fingerprint density at radius 1 is 1.39 bits per heavy atom. The third-order valence-electron chi connectivity index (χ3n) is 3.48. The fraction of sp³-hybridized carbons (Fsp3) is 0.357. The monoisotopic (exact) mass is 262 g/mol. The molecule has 18 heavy (non-hydrogen) atoms. The van der Waals surface area contributed by atoms with Gasteiger partial charge in [-0.2, -0.15) is 0 Å². The van der Waals surface area contributed by atoms with Gasteiger partial charge in [0.15, 0.2) is 0 Å². The second-order valence-electron chi connectivity index (χ2n) is 4.73. The van der Waals surface area contributed by atoms with E-state index in [0.717, 1.165) is 30.0 Å². The highest BCUT2D eigenvalue weighted by atomic mass is 32.1. The molecule has 0 saturated heterocycles. The standard InChI is InChI=1S/C14H15FN2S/c15-12-3-1-2-10(6-12)11-7-13(8-11)17-9-14-16-4-5-18-14/h1-6,11,13,17H,7-9H2. The minimum atomic E-state index is -0.133. The van der Waals surface area contributed by atoms with E-state index in [-0.39, 0.29) is 5.82 Å². The molecule has 1 N–H and O–H groups in total. The Labute approximate surface area is 110 Å². The molecule has 94 valence electrons.